The summed E-state index contributed by atoms with van der Waals surface area (Å²) in [6, 6.07) is 22.7. The van der Waals surface area contributed by atoms with Gasteiger partial charge in [0.25, 0.3) is 21.9 Å². The van der Waals surface area contributed by atoms with Gasteiger partial charge in [-0.25, -0.2) is 10.0 Å². The normalized spacial score (nSPS) is 15.2. The minimum Gasteiger partial charge on any atom is -0.282 e. The molecule has 0 spiro atoms. The molecule has 1 N–H and O–H groups in total. The molecular formula is C21H16N2O5S. The SMILES string of the molecule is O=C1C(c2ccc(S(=O)(=O)O)cc2)C(=O)N(c2ccccc2)N1c1ccccc1. The first-order chi connectivity index (χ1) is 13.9. The first kappa shape index (κ1) is 18.9. The fraction of sp³-hybridized carbons (Fsp3) is 0.0476. The smallest absolute Gasteiger partial charge is 0.282 e. The van der Waals surface area contributed by atoms with Crippen LogP contribution in [0.15, 0.2) is 89.8 Å². The van der Waals surface area contributed by atoms with Crippen molar-refractivity contribution in [2.24, 2.45) is 0 Å². The highest BCUT2D eigenvalue weighted by molar-refractivity contribution is 7.85. The van der Waals surface area contributed by atoms with E-state index in [1.54, 1.807) is 48.5 Å². The second-order valence-corrected chi connectivity index (χ2v) is 7.87. The van der Waals surface area contributed by atoms with Gasteiger partial charge in [0.15, 0.2) is 0 Å². The van der Waals surface area contributed by atoms with Gasteiger partial charge in [-0.15, -0.1) is 0 Å². The van der Waals surface area contributed by atoms with Crippen LogP contribution in [0, 0.1) is 0 Å². The number of para-hydroxylation sites is 2. The third kappa shape index (κ3) is 3.39. The summed E-state index contributed by atoms with van der Waals surface area (Å²) in [6.07, 6.45) is 0. The van der Waals surface area contributed by atoms with Crippen LogP contribution >= 0.6 is 0 Å². The first-order valence-corrected chi connectivity index (χ1v) is 10.2. The van der Waals surface area contributed by atoms with Crippen molar-refractivity contribution in [3.63, 3.8) is 0 Å². The molecule has 1 fully saturated rings. The van der Waals surface area contributed by atoms with E-state index in [0.717, 1.165) is 0 Å². The van der Waals surface area contributed by atoms with E-state index in [0.29, 0.717) is 16.9 Å². The van der Waals surface area contributed by atoms with Crippen LogP contribution in [-0.2, 0) is 19.7 Å². The highest BCUT2D eigenvalue weighted by atomic mass is 32.2. The second-order valence-electron chi connectivity index (χ2n) is 6.45. The number of hydrogen-bond acceptors (Lipinski definition) is 4. The Morgan fingerprint density at radius 2 is 1.07 bits per heavy atom. The van der Waals surface area contributed by atoms with Crippen molar-refractivity contribution in [3.8, 4) is 0 Å². The third-order valence-electron chi connectivity index (χ3n) is 4.62. The molecule has 1 aliphatic heterocycles. The molecule has 0 bridgehead atoms. The summed E-state index contributed by atoms with van der Waals surface area (Å²) in [5.74, 6) is -2.04. The van der Waals surface area contributed by atoms with E-state index in [2.05, 4.69) is 0 Å². The van der Waals surface area contributed by atoms with E-state index in [1.165, 1.54) is 34.3 Å². The van der Waals surface area contributed by atoms with Gasteiger partial charge < -0.3 is 0 Å². The largest absolute Gasteiger partial charge is 0.294 e. The van der Waals surface area contributed by atoms with Crippen LogP contribution in [0.3, 0.4) is 0 Å². The Balaban J connectivity index is 1.80. The quantitative estimate of drug-likeness (QED) is 0.529. The van der Waals surface area contributed by atoms with E-state index < -0.39 is 27.9 Å². The number of carbonyl (C=O) groups excluding carboxylic acids is 2. The zero-order valence-corrected chi connectivity index (χ0v) is 15.9. The summed E-state index contributed by atoms with van der Waals surface area (Å²) in [7, 11) is -4.37. The maximum Gasteiger partial charge on any atom is 0.294 e. The Labute approximate surface area is 167 Å². The zero-order chi connectivity index (χ0) is 20.6. The standard InChI is InChI=1S/C21H16N2O5S/c24-20-19(15-11-13-18(14-12-15)29(26,27)28)21(25)23(17-9-5-2-6-10-17)22(20)16-7-3-1-4-8-16/h1-14,19H,(H,26,27,28). The maximum absolute atomic E-state index is 13.3. The van der Waals surface area contributed by atoms with Crippen LogP contribution in [0.5, 0.6) is 0 Å². The number of hydrazine groups is 1. The molecule has 3 aromatic rings. The highest BCUT2D eigenvalue weighted by Gasteiger charge is 2.47. The number of benzene rings is 3. The van der Waals surface area contributed by atoms with Crippen LogP contribution in [0.25, 0.3) is 0 Å². The Hall–Kier alpha value is -3.49. The minimum atomic E-state index is -4.37. The predicted molar refractivity (Wildman–Crippen MR) is 107 cm³/mol. The summed E-state index contributed by atoms with van der Waals surface area (Å²) in [6.45, 7) is 0. The van der Waals surface area contributed by atoms with Gasteiger partial charge in [-0.2, -0.15) is 8.42 Å². The molecule has 2 amide bonds. The van der Waals surface area contributed by atoms with E-state index in [4.69, 9.17) is 4.55 Å². The lowest BCUT2D eigenvalue weighted by molar-refractivity contribution is -0.123. The molecule has 1 saturated heterocycles. The van der Waals surface area contributed by atoms with Gasteiger partial charge in [0.2, 0.25) is 0 Å². The van der Waals surface area contributed by atoms with Crippen LogP contribution in [0.2, 0.25) is 0 Å². The molecule has 0 aromatic heterocycles. The van der Waals surface area contributed by atoms with Crippen molar-refractivity contribution in [3.05, 3.63) is 90.5 Å². The summed E-state index contributed by atoms with van der Waals surface area (Å²) >= 11 is 0. The summed E-state index contributed by atoms with van der Waals surface area (Å²) in [5.41, 5.74) is 1.41. The second kappa shape index (κ2) is 7.16. The van der Waals surface area contributed by atoms with Gasteiger partial charge >= 0.3 is 0 Å². The summed E-state index contributed by atoms with van der Waals surface area (Å²) < 4.78 is 31.7. The summed E-state index contributed by atoms with van der Waals surface area (Å²) in [5, 5.41) is 2.64. The molecule has 29 heavy (non-hydrogen) atoms. The molecule has 8 heteroatoms. The van der Waals surface area contributed by atoms with Gasteiger partial charge in [0, 0.05) is 0 Å². The van der Waals surface area contributed by atoms with E-state index >= 15 is 0 Å². The van der Waals surface area contributed by atoms with E-state index in [9.17, 15) is 18.0 Å². The summed E-state index contributed by atoms with van der Waals surface area (Å²) in [4.78, 5) is 26.2. The molecular weight excluding hydrogens is 392 g/mol. The molecule has 0 radical (unpaired) electrons. The molecule has 7 nitrogen and oxygen atoms in total. The van der Waals surface area contributed by atoms with Crippen molar-refractivity contribution in [1.82, 2.24) is 0 Å². The third-order valence-corrected chi connectivity index (χ3v) is 5.49. The Bertz CT molecular complexity index is 1110. The molecule has 0 unspecified atom stereocenters. The predicted octanol–water partition coefficient (Wildman–Crippen LogP) is 3.01. The van der Waals surface area contributed by atoms with Crippen LogP contribution in [0.4, 0.5) is 11.4 Å². The van der Waals surface area contributed by atoms with Gasteiger partial charge in [-0.3, -0.25) is 14.1 Å². The van der Waals surface area contributed by atoms with Crippen molar-refractivity contribution >= 4 is 33.3 Å². The fourth-order valence-corrected chi connectivity index (χ4v) is 3.77. The molecule has 0 saturated carbocycles. The van der Waals surface area contributed by atoms with Crippen LogP contribution in [0.1, 0.15) is 11.5 Å². The number of rotatable bonds is 4. The number of carbonyl (C=O) groups is 2. The topological polar surface area (TPSA) is 95.0 Å². The van der Waals surface area contributed by atoms with Gasteiger partial charge in [0.1, 0.15) is 5.92 Å². The zero-order valence-electron chi connectivity index (χ0n) is 15.0. The molecule has 0 aliphatic carbocycles. The van der Waals surface area contributed by atoms with Crippen molar-refractivity contribution < 1.29 is 22.6 Å². The number of nitrogens with zero attached hydrogens (tertiary/aromatic N) is 2. The maximum atomic E-state index is 13.3. The minimum absolute atomic E-state index is 0.307. The lowest BCUT2D eigenvalue weighted by atomic mass is 9.98. The Morgan fingerprint density at radius 3 is 1.45 bits per heavy atom. The lowest BCUT2D eigenvalue weighted by Crippen LogP contribution is -2.41. The molecule has 1 heterocycles. The average Bonchev–Trinajstić information content (AvgIpc) is 2.99. The van der Waals surface area contributed by atoms with Crippen LogP contribution < -0.4 is 10.0 Å². The fourth-order valence-electron chi connectivity index (χ4n) is 3.29. The number of anilines is 2. The molecule has 4 rings (SSSR count). The Morgan fingerprint density at radius 1 is 0.655 bits per heavy atom. The van der Waals surface area contributed by atoms with Crippen molar-refractivity contribution in [1.29, 1.82) is 0 Å². The van der Waals surface area contributed by atoms with E-state index in [-0.39, 0.29) is 4.90 Å². The van der Waals surface area contributed by atoms with Crippen molar-refractivity contribution in [2.75, 3.05) is 10.0 Å². The van der Waals surface area contributed by atoms with Gasteiger partial charge in [-0.05, 0) is 42.0 Å². The highest BCUT2D eigenvalue weighted by Crippen LogP contribution is 2.36. The monoisotopic (exact) mass is 408 g/mol. The Kier molecular flexibility index (Phi) is 4.65. The van der Waals surface area contributed by atoms with Gasteiger partial charge in [-0.1, -0.05) is 48.5 Å². The van der Waals surface area contributed by atoms with Crippen LogP contribution in [-0.4, -0.2) is 24.8 Å². The van der Waals surface area contributed by atoms with E-state index in [1.807, 2.05) is 12.1 Å². The molecule has 1 aliphatic rings. The molecule has 0 atom stereocenters. The number of hydrogen-bond donors (Lipinski definition) is 1. The number of amides is 2. The average molecular weight is 408 g/mol. The lowest BCUT2D eigenvalue weighted by Gasteiger charge is -2.27. The van der Waals surface area contributed by atoms with Gasteiger partial charge in [0.05, 0.1) is 16.3 Å². The molecule has 3 aromatic carbocycles. The first-order valence-electron chi connectivity index (χ1n) is 8.73. The van der Waals surface area contributed by atoms with Crippen molar-refractivity contribution in [2.45, 2.75) is 10.8 Å². The molecule has 146 valence electrons.